The van der Waals surface area contributed by atoms with Gasteiger partial charge in [-0.3, -0.25) is 0 Å². The Labute approximate surface area is 127 Å². The molecule has 1 aromatic rings. The van der Waals surface area contributed by atoms with Gasteiger partial charge in [-0.2, -0.15) is 0 Å². The van der Waals surface area contributed by atoms with Gasteiger partial charge in [0.25, 0.3) is 0 Å². The number of hydrogen-bond donors (Lipinski definition) is 1. The minimum atomic E-state index is -3.35. The molecular weight excluding hydrogens is 288 g/mol. The van der Waals surface area contributed by atoms with Gasteiger partial charge in [0.15, 0.2) is 0 Å². The van der Waals surface area contributed by atoms with E-state index < -0.39 is 10.0 Å². The maximum Gasteiger partial charge on any atom is 0.242 e. The Kier molecular flexibility index (Phi) is 5.37. The van der Waals surface area contributed by atoms with E-state index in [4.69, 9.17) is 4.74 Å². The molecule has 0 aliphatic carbocycles. The second kappa shape index (κ2) is 6.87. The lowest BCUT2D eigenvalue weighted by Gasteiger charge is -2.20. The van der Waals surface area contributed by atoms with Gasteiger partial charge < -0.3 is 10.1 Å². The summed E-state index contributed by atoms with van der Waals surface area (Å²) >= 11 is 0. The second-order valence-electron chi connectivity index (χ2n) is 5.65. The monoisotopic (exact) mass is 312 g/mol. The molecule has 0 saturated carbocycles. The van der Waals surface area contributed by atoms with Crippen LogP contribution in [0.15, 0.2) is 29.2 Å². The molecule has 1 fully saturated rings. The van der Waals surface area contributed by atoms with Crippen molar-refractivity contribution in [3.63, 3.8) is 0 Å². The van der Waals surface area contributed by atoms with Crippen molar-refractivity contribution in [3.05, 3.63) is 29.8 Å². The first-order chi connectivity index (χ1) is 9.91. The van der Waals surface area contributed by atoms with Crippen molar-refractivity contribution in [2.45, 2.75) is 43.4 Å². The summed E-state index contributed by atoms with van der Waals surface area (Å²) in [6, 6.07) is 7.32. The molecule has 0 radical (unpaired) electrons. The van der Waals surface area contributed by atoms with Gasteiger partial charge in [-0.25, -0.2) is 12.7 Å². The van der Waals surface area contributed by atoms with Crippen LogP contribution in [0.2, 0.25) is 0 Å². The largest absolute Gasteiger partial charge is 0.377 e. The predicted octanol–water partition coefficient (Wildman–Crippen LogP) is 1.59. The van der Waals surface area contributed by atoms with E-state index in [2.05, 4.69) is 12.2 Å². The molecule has 1 heterocycles. The van der Waals surface area contributed by atoms with Gasteiger partial charge in [0.05, 0.1) is 11.0 Å². The Balaban J connectivity index is 1.93. The third-order valence-electron chi connectivity index (χ3n) is 3.85. The molecule has 0 spiro atoms. The summed E-state index contributed by atoms with van der Waals surface area (Å²) in [6.45, 7) is 3.69. The topological polar surface area (TPSA) is 58.6 Å². The Hall–Kier alpha value is -0.950. The van der Waals surface area contributed by atoms with Crippen molar-refractivity contribution in [3.8, 4) is 0 Å². The van der Waals surface area contributed by atoms with Crippen LogP contribution in [-0.2, 0) is 21.3 Å². The highest BCUT2D eigenvalue weighted by Crippen LogP contribution is 2.17. The first-order valence-electron chi connectivity index (χ1n) is 7.27. The zero-order valence-corrected chi connectivity index (χ0v) is 13.7. The van der Waals surface area contributed by atoms with Crippen LogP contribution in [0.1, 0.15) is 25.3 Å². The highest BCUT2D eigenvalue weighted by atomic mass is 32.2. The van der Waals surface area contributed by atoms with Crippen LogP contribution in [0.4, 0.5) is 0 Å². The minimum Gasteiger partial charge on any atom is -0.377 e. The predicted molar refractivity (Wildman–Crippen MR) is 82.6 cm³/mol. The summed E-state index contributed by atoms with van der Waals surface area (Å²) < 4.78 is 30.8. The fraction of sp³-hybridized carbons (Fsp3) is 0.600. The summed E-state index contributed by atoms with van der Waals surface area (Å²) in [7, 11) is -0.273. The molecule has 1 aliphatic heterocycles. The normalized spacial score (nSPS) is 20.9. The number of rotatable bonds is 6. The summed E-state index contributed by atoms with van der Waals surface area (Å²) in [6.07, 6.45) is 2.53. The molecular formula is C15H24N2O3S. The molecule has 1 aromatic carbocycles. The van der Waals surface area contributed by atoms with Crippen LogP contribution in [0.25, 0.3) is 0 Å². The number of sulfonamides is 1. The molecule has 1 saturated heterocycles. The average molecular weight is 312 g/mol. The van der Waals surface area contributed by atoms with Gasteiger partial charge in [-0.1, -0.05) is 12.1 Å². The molecule has 2 rings (SSSR count). The van der Waals surface area contributed by atoms with Gasteiger partial charge in [0.1, 0.15) is 0 Å². The van der Waals surface area contributed by atoms with E-state index in [9.17, 15) is 8.42 Å². The van der Waals surface area contributed by atoms with Crippen molar-refractivity contribution in [1.82, 2.24) is 9.62 Å². The van der Waals surface area contributed by atoms with Gasteiger partial charge >= 0.3 is 0 Å². The van der Waals surface area contributed by atoms with Crippen molar-refractivity contribution >= 4 is 10.0 Å². The van der Waals surface area contributed by atoms with Crippen LogP contribution in [0.5, 0.6) is 0 Å². The molecule has 2 atom stereocenters. The minimum absolute atomic E-state index is 0.290. The first-order valence-corrected chi connectivity index (χ1v) is 8.71. The number of ether oxygens (including phenoxy) is 1. The molecule has 1 aliphatic rings. The smallest absolute Gasteiger partial charge is 0.242 e. The first kappa shape index (κ1) is 16.4. The van der Waals surface area contributed by atoms with Crippen LogP contribution >= 0.6 is 0 Å². The fourth-order valence-electron chi connectivity index (χ4n) is 2.40. The van der Waals surface area contributed by atoms with Crippen LogP contribution < -0.4 is 5.32 Å². The summed E-state index contributed by atoms with van der Waals surface area (Å²) in [4.78, 5) is 0.323. The van der Waals surface area contributed by atoms with E-state index in [1.54, 1.807) is 12.1 Å². The molecule has 0 aromatic heterocycles. The van der Waals surface area contributed by atoms with E-state index in [1.807, 2.05) is 12.1 Å². The van der Waals surface area contributed by atoms with Gasteiger partial charge in [-0.15, -0.1) is 0 Å². The highest BCUT2D eigenvalue weighted by molar-refractivity contribution is 7.89. The van der Waals surface area contributed by atoms with Crippen molar-refractivity contribution in [2.75, 3.05) is 20.7 Å². The lowest BCUT2D eigenvalue weighted by molar-refractivity contribution is 0.0832. The number of nitrogens with zero attached hydrogens (tertiary/aromatic N) is 1. The average Bonchev–Trinajstić information content (AvgIpc) is 2.99. The maximum atomic E-state index is 12.0. The van der Waals surface area contributed by atoms with E-state index in [1.165, 1.54) is 18.4 Å². The molecule has 118 valence electrons. The molecule has 21 heavy (non-hydrogen) atoms. The van der Waals surface area contributed by atoms with Gasteiger partial charge in [0.2, 0.25) is 10.0 Å². The standard InChI is InChI=1S/C15H24N2O3S/c1-12(15-5-4-10-20-15)16-11-13-6-8-14(9-7-13)21(18,19)17(2)3/h6-9,12,15-16H,4-5,10-11H2,1-3H3/t12-,15-/m0/s1. The Bertz CT molecular complexity index is 549. The summed E-state index contributed by atoms with van der Waals surface area (Å²) in [5.74, 6) is 0. The third-order valence-corrected chi connectivity index (χ3v) is 5.68. The summed E-state index contributed by atoms with van der Waals surface area (Å²) in [5.41, 5.74) is 1.07. The number of hydrogen-bond acceptors (Lipinski definition) is 4. The number of nitrogens with one attached hydrogen (secondary N) is 1. The van der Waals surface area contributed by atoms with Crippen LogP contribution in [-0.4, -0.2) is 45.6 Å². The Morgan fingerprint density at radius 3 is 2.52 bits per heavy atom. The van der Waals surface area contributed by atoms with E-state index in [-0.39, 0.29) is 0 Å². The molecule has 0 amide bonds. The second-order valence-corrected chi connectivity index (χ2v) is 7.80. The highest BCUT2D eigenvalue weighted by Gasteiger charge is 2.22. The Morgan fingerprint density at radius 1 is 1.33 bits per heavy atom. The lowest BCUT2D eigenvalue weighted by Crippen LogP contribution is -2.36. The maximum absolute atomic E-state index is 12.0. The lowest BCUT2D eigenvalue weighted by atomic mass is 10.1. The van der Waals surface area contributed by atoms with Crippen molar-refractivity contribution < 1.29 is 13.2 Å². The zero-order chi connectivity index (χ0) is 15.5. The van der Waals surface area contributed by atoms with E-state index in [0.29, 0.717) is 23.6 Å². The quantitative estimate of drug-likeness (QED) is 0.867. The summed E-state index contributed by atoms with van der Waals surface area (Å²) in [5, 5.41) is 3.44. The van der Waals surface area contributed by atoms with Gasteiger partial charge in [-0.05, 0) is 37.5 Å². The van der Waals surface area contributed by atoms with Crippen LogP contribution in [0.3, 0.4) is 0 Å². The van der Waals surface area contributed by atoms with E-state index >= 15 is 0 Å². The van der Waals surface area contributed by atoms with E-state index in [0.717, 1.165) is 25.0 Å². The molecule has 0 bridgehead atoms. The molecule has 1 N–H and O–H groups in total. The molecule has 6 heteroatoms. The third kappa shape index (κ3) is 4.03. The number of benzene rings is 1. The van der Waals surface area contributed by atoms with Crippen molar-refractivity contribution in [2.24, 2.45) is 0 Å². The fourth-order valence-corrected chi connectivity index (χ4v) is 3.30. The van der Waals surface area contributed by atoms with Gasteiger partial charge in [0, 0.05) is 33.3 Å². The zero-order valence-electron chi connectivity index (χ0n) is 12.9. The van der Waals surface area contributed by atoms with Crippen LogP contribution in [0, 0.1) is 0 Å². The molecule has 0 unspecified atom stereocenters. The Morgan fingerprint density at radius 2 is 2.00 bits per heavy atom. The van der Waals surface area contributed by atoms with Crippen molar-refractivity contribution in [1.29, 1.82) is 0 Å². The SMILES string of the molecule is C[C@H](NCc1ccc(S(=O)(=O)N(C)C)cc1)[C@@H]1CCCO1. The molecule has 5 nitrogen and oxygen atoms in total.